The first-order valence-electron chi connectivity index (χ1n) is 7.38. The predicted octanol–water partition coefficient (Wildman–Crippen LogP) is 4.17. The van der Waals surface area contributed by atoms with Crippen LogP contribution in [0.2, 0.25) is 0 Å². The molecule has 1 aromatic heterocycles. The van der Waals surface area contributed by atoms with Gasteiger partial charge in [0, 0.05) is 23.6 Å². The zero-order valence-electron chi connectivity index (χ0n) is 12.7. The van der Waals surface area contributed by atoms with Crippen molar-refractivity contribution in [2.24, 2.45) is 0 Å². The highest BCUT2D eigenvalue weighted by Crippen LogP contribution is 2.27. The van der Waals surface area contributed by atoms with Crippen molar-refractivity contribution in [2.45, 2.75) is 18.1 Å². The molecule has 0 aliphatic rings. The number of rotatable bonds is 5. The molecule has 2 radical (unpaired) electrons. The van der Waals surface area contributed by atoms with E-state index in [1.165, 1.54) is 24.3 Å². The topological polar surface area (TPSA) is 17.8 Å². The minimum atomic E-state index is -0.252. The Bertz CT molecular complexity index is 694. The largest absolute Gasteiger partial charge is 0.338 e. The standard InChI is InChI=1S/C18H16F2N2Si/c1-13(22-11-10-21-12-22)23-18(14-2-6-16(19)7-3-14)15-4-8-17(20)9-5-15/h2-13,18H,1H3. The number of imidazole rings is 1. The molecule has 0 bridgehead atoms. The minimum Gasteiger partial charge on any atom is -0.338 e. The van der Waals surface area contributed by atoms with Crippen molar-refractivity contribution in [2.75, 3.05) is 0 Å². The first kappa shape index (κ1) is 15.6. The maximum Gasteiger partial charge on any atom is 0.123 e. The number of nitrogens with zero attached hydrogens (tertiary/aromatic N) is 2. The molecule has 0 N–H and O–H groups in total. The lowest BCUT2D eigenvalue weighted by Gasteiger charge is -2.22. The van der Waals surface area contributed by atoms with Gasteiger partial charge in [-0.15, -0.1) is 0 Å². The fourth-order valence-corrected chi connectivity index (χ4v) is 4.10. The Kier molecular flexibility index (Phi) is 4.67. The molecule has 3 aromatic rings. The molecule has 23 heavy (non-hydrogen) atoms. The molecule has 0 amide bonds. The number of benzene rings is 2. The number of halogens is 2. The highest BCUT2D eigenvalue weighted by Gasteiger charge is 2.19. The van der Waals surface area contributed by atoms with Crippen LogP contribution in [-0.4, -0.2) is 19.1 Å². The van der Waals surface area contributed by atoms with Gasteiger partial charge in [0.15, 0.2) is 0 Å². The molecule has 0 aliphatic heterocycles. The maximum atomic E-state index is 13.2. The highest BCUT2D eigenvalue weighted by atomic mass is 28.2. The van der Waals surface area contributed by atoms with Crippen LogP contribution in [-0.2, 0) is 0 Å². The van der Waals surface area contributed by atoms with Crippen LogP contribution >= 0.6 is 0 Å². The molecule has 0 saturated heterocycles. The summed E-state index contributed by atoms with van der Waals surface area (Å²) in [5.74, 6) is -0.504. The summed E-state index contributed by atoms with van der Waals surface area (Å²) in [4.78, 5) is 4.09. The van der Waals surface area contributed by atoms with Gasteiger partial charge in [0.2, 0.25) is 0 Å². The van der Waals surface area contributed by atoms with Crippen LogP contribution < -0.4 is 0 Å². The van der Waals surface area contributed by atoms with Gasteiger partial charge >= 0.3 is 0 Å². The molecule has 1 unspecified atom stereocenters. The summed E-state index contributed by atoms with van der Waals surface area (Å²) in [5.41, 5.74) is 2.40. The summed E-state index contributed by atoms with van der Waals surface area (Å²) < 4.78 is 28.5. The Hall–Kier alpha value is -2.27. The van der Waals surface area contributed by atoms with Gasteiger partial charge in [0.25, 0.3) is 0 Å². The van der Waals surface area contributed by atoms with Crippen molar-refractivity contribution >= 4 is 9.52 Å². The van der Waals surface area contributed by atoms with E-state index in [-0.39, 0.29) is 22.8 Å². The van der Waals surface area contributed by atoms with Crippen LogP contribution in [0.1, 0.15) is 29.3 Å². The van der Waals surface area contributed by atoms with E-state index in [4.69, 9.17) is 0 Å². The monoisotopic (exact) mass is 326 g/mol. The van der Waals surface area contributed by atoms with Gasteiger partial charge in [0.05, 0.1) is 15.8 Å². The predicted molar refractivity (Wildman–Crippen MR) is 87.3 cm³/mol. The Morgan fingerprint density at radius 3 is 1.87 bits per heavy atom. The van der Waals surface area contributed by atoms with E-state index in [0.717, 1.165) is 11.1 Å². The molecule has 2 aromatic carbocycles. The molecule has 0 fully saturated rings. The fraction of sp³-hybridized carbons (Fsp3) is 0.167. The van der Waals surface area contributed by atoms with Crippen molar-refractivity contribution < 1.29 is 8.78 Å². The average molecular weight is 326 g/mol. The molecule has 2 nitrogen and oxygen atoms in total. The van der Waals surface area contributed by atoms with E-state index in [0.29, 0.717) is 9.52 Å². The van der Waals surface area contributed by atoms with Crippen molar-refractivity contribution in [1.29, 1.82) is 0 Å². The Morgan fingerprint density at radius 1 is 0.913 bits per heavy atom. The van der Waals surface area contributed by atoms with Crippen LogP contribution in [0, 0.1) is 11.6 Å². The summed E-state index contributed by atoms with van der Waals surface area (Å²) in [5, 5.41) is 0. The lowest BCUT2D eigenvalue weighted by Crippen LogP contribution is -2.20. The molecule has 116 valence electrons. The van der Waals surface area contributed by atoms with Crippen LogP contribution in [0.3, 0.4) is 0 Å². The second-order valence-electron chi connectivity index (χ2n) is 5.39. The zero-order chi connectivity index (χ0) is 16.2. The van der Waals surface area contributed by atoms with Gasteiger partial charge in [-0.05, 0) is 42.3 Å². The van der Waals surface area contributed by atoms with Crippen molar-refractivity contribution in [3.8, 4) is 0 Å². The highest BCUT2D eigenvalue weighted by molar-refractivity contribution is 6.40. The number of aromatic nitrogens is 2. The smallest absolute Gasteiger partial charge is 0.123 e. The fourth-order valence-electron chi connectivity index (χ4n) is 2.52. The van der Waals surface area contributed by atoms with Crippen molar-refractivity contribution in [3.05, 3.63) is 90.0 Å². The molecular formula is C18H16F2N2Si. The molecule has 0 spiro atoms. The van der Waals surface area contributed by atoms with E-state index < -0.39 is 0 Å². The number of hydrogen-bond donors (Lipinski definition) is 0. The molecule has 1 heterocycles. The summed E-state index contributed by atoms with van der Waals surface area (Å²) in [6.45, 7) is 2.13. The molecule has 5 heteroatoms. The summed E-state index contributed by atoms with van der Waals surface area (Å²) in [7, 11) is 0.518. The van der Waals surface area contributed by atoms with E-state index >= 15 is 0 Å². The molecule has 3 rings (SSSR count). The first-order chi connectivity index (χ1) is 11.1. The maximum absolute atomic E-state index is 13.2. The quantitative estimate of drug-likeness (QED) is 0.643. The zero-order valence-corrected chi connectivity index (χ0v) is 13.7. The average Bonchev–Trinajstić information content (AvgIpc) is 3.09. The van der Waals surface area contributed by atoms with E-state index in [9.17, 15) is 8.78 Å². The second-order valence-corrected chi connectivity index (χ2v) is 7.13. The van der Waals surface area contributed by atoms with Crippen LogP contribution in [0.25, 0.3) is 0 Å². The van der Waals surface area contributed by atoms with Crippen LogP contribution in [0.5, 0.6) is 0 Å². The third kappa shape index (κ3) is 3.74. The van der Waals surface area contributed by atoms with E-state index in [1.54, 1.807) is 36.8 Å². The van der Waals surface area contributed by atoms with Crippen LogP contribution in [0.4, 0.5) is 8.78 Å². The van der Waals surface area contributed by atoms with Gasteiger partial charge in [-0.2, -0.15) is 0 Å². The molecule has 0 aliphatic carbocycles. The van der Waals surface area contributed by atoms with Gasteiger partial charge in [0.1, 0.15) is 11.6 Å². The summed E-state index contributed by atoms with van der Waals surface area (Å²) in [6.07, 6.45) is 5.49. The third-order valence-electron chi connectivity index (χ3n) is 3.79. The minimum absolute atomic E-state index is 0.0913. The van der Waals surface area contributed by atoms with Gasteiger partial charge in [-0.3, -0.25) is 0 Å². The second kappa shape index (κ2) is 6.87. The molecule has 1 atom stereocenters. The Morgan fingerprint density at radius 2 is 1.43 bits per heavy atom. The third-order valence-corrected chi connectivity index (χ3v) is 5.57. The van der Waals surface area contributed by atoms with Gasteiger partial charge in [-0.25, -0.2) is 13.8 Å². The van der Waals surface area contributed by atoms with Gasteiger partial charge < -0.3 is 4.57 Å². The molecule has 0 saturated carbocycles. The number of hydrogen-bond acceptors (Lipinski definition) is 1. The Balaban J connectivity index is 1.92. The first-order valence-corrected chi connectivity index (χ1v) is 8.53. The lowest BCUT2D eigenvalue weighted by molar-refractivity contribution is 0.626. The SMILES string of the molecule is CC([Si]C(c1ccc(F)cc1)c1ccc(F)cc1)n1ccnc1. The summed E-state index contributed by atoms with van der Waals surface area (Å²) >= 11 is 0. The molecular weight excluding hydrogens is 310 g/mol. The van der Waals surface area contributed by atoms with Gasteiger partial charge in [-0.1, -0.05) is 24.3 Å². The van der Waals surface area contributed by atoms with Crippen LogP contribution in [0.15, 0.2) is 67.3 Å². The summed E-state index contributed by atoms with van der Waals surface area (Å²) in [6, 6.07) is 13.1. The van der Waals surface area contributed by atoms with Crippen molar-refractivity contribution in [1.82, 2.24) is 9.55 Å². The van der Waals surface area contributed by atoms with Crippen molar-refractivity contribution in [3.63, 3.8) is 0 Å². The lowest BCUT2D eigenvalue weighted by atomic mass is 10.0. The van der Waals surface area contributed by atoms with E-state index in [2.05, 4.69) is 16.5 Å². The Labute approximate surface area is 136 Å². The van der Waals surface area contributed by atoms with E-state index in [1.807, 2.05) is 6.20 Å². The normalized spacial score (nSPS) is 12.5.